The number of pyridine rings is 1. The number of hydrogen-bond donors (Lipinski definition) is 1. The fraction of sp³-hybridized carbons (Fsp3) is 0.615. The van der Waals surface area contributed by atoms with Crippen molar-refractivity contribution in [1.82, 2.24) is 9.88 Å². The fourth-order valence-electron chi connectivity index (χ4n) is 2.49. The van der Waals surface area contributed by atoms with Crippen molar-refractivity contribution in [1.29, 1.82) is 0 Å². The van der Waals surface area contributed by atoms with Crippen LogP contribution in [0.1, 0.15) is 13.3 Å². The highest BCUT2D eigenvalue weighted by Crippen LogP contribution is 2.21. The van der Waals surface area contributed by atoms with Gasteiger partial charge in [-0.3, -0.25) is 0 Å². The summed E-state index contributed by atoms with van der Waals surface area (Å²) in [4.78, 5) is 9.15. The van der Waals surface area contributed by atoms with Crippen molar-refractivity contribution in [3.8, 4) is 0 Å². The van der Waals surface area contributed by atoms with Crippen LogP contribution in [0.2, 0.25) is 0 Å². The van der Waals surface area contributed by atoms with Gasteiger partial charge in [-0.05, 0) is 33.0 Å². The number of hydrogen-bond acceptors (Lipinski definition) is 4. The van der Waals surface area contributed by atoms with E-state index in [0.717, 1.165) is 18.9 Å². The minimum Gasteiger partial charge on any atom is -0.373 e. The van der Waals surface area contributed by atoms with E-state index in [1.54, 1.807) is 0 Å². The molecule has 0 aromatic carbocycles. The number of aromatic nitrogens is 1. The van der Waals surface area contributed by atoms with E-state index in [9.17, 15) is 0 Å². The van der Waals surface area contributed by atoms with Crippen LogP contribution in [0.5, 0.6) is 0 Å². The lowest BCUT2D eigenvalue weighted by molar-refractivity contribution is 0.337. The number of nitrogens with zero attached hydrogens (tertiary/aromatic N) is 3. The zero-order chi connectivity index (χ0) is 12.3. The maximum Gasteiger partial charge on any atom is 0.127 e. The highest BCUT2D eigenvalue weighted by atomic mass is 15.2. The lowest BCUT2D eigenvalue weighted by atomic mass is 10.2. The van der Waals surface area contributed by atoms with Crippen LogP contribution in [0, 0.1) is 0 Å². The zero-order valence-corrected chi connectivity index (χ0v) is 11.0. The highest BCUT2D eigenvalue weighted by Gasteiger charge is 2.19. The third-order valence-electron chi connectivity index (χ3n) is 3.38. The molecule has 0 aliphatic carbocycles. The van der Waals surface area contributed by atoms with Gasteiger partial charge in [-0.15, -0.1) is 0 Å². The molecule has 0 bridgehead atoms. The predicted molar refractivity (Wildman–Crippen MR) is 72.7 cm³/mol. The van der Waals surface area contributed by atoms with Gasteiger partial charge in [0.15, 0.2) is 0 Å². The van der Waals surface area contributed by atoms with Gasteiger partial charge in [0.05, 0.1) is 0 Å². The van der Waals surface area contributed by atoms with Crippen LogP contribution in [-0.4, -0.2) is 49.7 Å². The van der Waals surface area contributed by atoms with E-state index in [4.69, 9.17) is 0 Å². The second-order valence-corrected chi connectivity index (χ2v) is 4.81. The first-order valence-corrected chi connectivity index (χ1v) is 6.29. The van der Waals surface area contributed by atoms with Gasteiger partial charge >= 0.3 is 0 Å². The van der Waals surface area contributed by atoms with Crippen LogP contribution in [0.25, 0.3) is 0 Å². The van der Waals surface area contributed by atoms with Gasteiger partial charge in [0, 0.05) is 44.1 Å². The second kappa shape index (κ2) is 5.36. The highest BCUT2D eigenvalue weighted by molar-refractivity contribution is 5.54. The van der Waals surface area contributed by atoms with Gasteiger partial charge in [-0.25, -0.2) is 4.98 Å². The Morgan fingerprint density at radius 3 is 3.00 bits per heavy atom. The first kappa shape index (κ1) is 12.2. The van der Waals surface area contributed by atoms with Crippen molar-refractivity contribution in [3.63, 3.8) is 0 Å². The first-order chi connectivity index (χ1) is 8.20. The maximum absolute atomic E-state index is 4.27. The first-order valence-electron chi connectivity index (χ1n) is 6.29. The van der Waals surface area contributed by atoms with Crippen LogP contribution in [0.3, 0.4) is 0 Å². The van der Waals surface area contributed by atoms with Gasteiger partial charge in [0.25, 0.3) is 0 Å². The lowest BCUT2D eigenvalue weighted by Gasteiger charge is -2.30. The molecule has 2 heterocycles. The largest absolute Gasteiger partial charge is 0.373 e. The SMILES string of the molecule is CNc1cc(N2CCCN(C)CC2C)ccn1. The summed E-state index contributed by atoms with van der Waals surface area (Å²) in [6, 6.07) is 4.78. The minimum absolute atomic E-state index is 0.551. The molecule has 1 N–H and O–H groups in total. The van der Waals surface area contributed by atoms with Crippen LogP contribution in [0.15, 0.2) is 18.3 Å². The summed E-state index contributed by atoms with van der Waals surface area (Å²) in [6.45, 7) is 5.72. The number of nitrogens with one attached hydrogen (secondary N) is 1. The van der Waals surface area contributed by atoms with E-state index in [-0.39, 0.29) is 0 Å². The smallest absolute Gasteiger partial charge is 0.127 e. The van der Waals surface area contributed by atoms with Crippen molar-refractivity contribution < 1.29 is 0 Å². The summed E-state index contributed by atoms with van der Waals surface area (Å²) in [5.74, 6) is 0.937. The average molecular weight is 234 g/mol. The molecule has 1 fully saturated rings. The molecule has 1 saturated heterocycles. The van der Waals surface area contributed by atoms with E-state index >= 15 is 0 Å². The molecule has 1 aromatic rings. The molecule has 4 heteroatoms. The maximum atomic E-state index is 4.27. The Morgan fingerprint density at radius 1 is 1.41 bits per heavy atom. The molecule has 0 spiro atoms. The second-order valence-electron chi connectivity index (χ2n) is 4.81. The van der Waals surface area contributed by atoms with Crippen LogP contribution in [0.4, 0.5) is 11.5 Å². The van der Waals surface area contributed by atoms with Crippen molar-refractivity contribution in [2.45, 2.75) is 19.4 Å². The van der Waals surface area contributed by atoms with Gasteiger partial charge in [0.2, 0.25) is 0 Å². The Kier molecular flexibility index (Phi) is 3.84. The number of rotatable bonds is 2. The predicted octanol–water partition coefficient (Wildman–Crippen LogP) is 1.65. The van der Waals surface area contributed by atoms with Gasteiger partial charge in [-0.1, -0.05) is 0 Å². The van der Waals surface area contributed by atoms with Crippen molar-refractivity contribution in [2.75, 3.05) is 43.9 Å². The molecule has 1 aromatic heterocycles. The molecule has 0 saturated carbocycles. The fourth-order valence-corrected chi connectivity index (χ4v) is 2.49. The van der Waals surface area contributed by atoms with E-state index < -0.39 is 0 Å². The standard InChI is InChI=1S/C13H22N4/c1-11-10-16(3)7-4-8-17(11)12-5-6-15-13(9-12)14-2/h5-6,9,11H,4,7-8,10H2,1-3H3,(H,14,15). The molecule has 4 nitrogen and oxygen atoms in total. The molecule has 2 rings (SSSR count). The summed E-state index contributed by atoms with van der Waals surface area (Å²) >= 11 is 0. The minimum atomic E-state index is 0.551. The van der Waals surface area contributed by atoms with Crippen LogP contribution >= 0.6 is 0 Å². The molecule has 94 valence electrons. The van der Waals surface area contributed by atoms with Crippen LogP contribution in [-0.2, 0) is 0 Å². The third kappa shape index (κ3) is 2.88. The van der Waals surface area contributed by atoms with E-state index in [1.807, 2.05) is 13.2 Å². The molecule has 0 amide bonds. The summed E-state index contributed by atoms with van der Waals surface area (Å²) in [7, 11) is 4.11. The monoisotopic (exact) mass is 234 g/mol. The number of anilines is 2. The molecule has 1 aliphatic heterocycles. The quantitative estimate of drug-likeness (QED) is 0.843. The molecular weight excluding hydrogens is 212 g/mol. The van der Waals surface area contributed by atoms with Crippen molar-refractivity contribution >= 4 is 11.5 Å². The molecule has 1 atom stereocenters. The normalized spacial score (nSPS) is 22.3. The Hall–Kier alpha value is -1.29. The van der Waals surface area contributed by atoms with E-state index in [0.29, 0.717) is 6.04 Å². The summed E-state index contributed by atoms with van der Waals surface area (Å²) in [6.07, 6.45) is 3.10. The Bertz CT molecular complexity index is 366. The van der Waals surface area contributed by atoms with Gasteiger partial charge < -0.3 is 15.1 Å². The Morgan fingerprint density at radius 2 is 2.24 bits per heavy atom. The van der Waals surface area contributed by atoms with Gasteiger partial charge in [-0.2, -0.15) is 0 Å². The van der Waals surface area contributed by atoms with E-state index in [2.05, 4.69) is 46.2 Å². The summed E-state index contributed by atoms with van der Waals surface area (Å²) in [5.41, 5.74) is 1.27. The number of likely N-dealkylation sites (N-methyl/N-ethyl adjacent to an activating group) is 1. The molecule has 0 radical (unpaired) electrons. The van der Waals surface area contributed by atoms with Crippen molar-refractivity contribution in [2.24, 2.45) is 0 Å². The molecule has 1 unspecified atom stereocenters. The summed E-state index contributed by atoms with van der Waals surface area (Å²) in [5, 5.41) is 3.10. The zero-order valence-electron chi connectivity index (χ0n) is 11.0. The van der Waals surface area contributed by atoms with Crippen molar-refractivity contribution in [3.05, 3.63) is 18.3 Å². The molecule has 17 heavy (non-hydrogen) atoms. The molecule has 1 aliphatic rings. The Balaban J connectivity index is 2.19. The topological polar surface area (TPSA) is 31.4 Å². The van der Waals surface area contributed by atoms with Crippen LogP contribution < -0.4 is 10.2 Å². The summed E-state index contributed by atoms with van der Waals surface area (Å²) < 4.78 is 0. The van der Waals surface area contributed by atoms with Gasteiger partial charge in [0.1, 0.15) is 5.82 Å². The molecular formula is C13H22N4. The Labute approximate surface area is 104 Å². The van der Waals surface area contributed by atoms with E-state index in [1.165, 1.54) is 18.7 Å². The lowest BCUT2D eigenvalue weighted by Crippen LogP contribution is -2.37. The third-order valence-corrected chi connectivity index (χ3v) is 3.38. The average Bonchev–Trinajstić information content (AvgIpc) is 2.50.